The molecule has 0 amide bonds. The molecule has 0 radical (unpaired) electrons. The van der Waals surface area contributed by atoms with E-state index in [2.05, 4.69) is 4.98 Å². The number of carbonyl (C=O) groups is 1. The Morgan fingerprint density at radius 2 is 1.94 bits per heavy atom. The summed E-state index contributed by atoms with van der Waals surface area (Å²) in [7, 11) is 0. The van der Waals surface area contributed by atoms with Crippen LogP contribution in [-0.2, 0) is 11.2 Å². The summed E-state index contributed by atoms with van der Waals surface area (Å²) in [6, 6.07) is 10.1. The lowest BCUT2D eigenvalue weighted by Crippen LogP contribution is -2.11. The van der Waals surface area contributed by atoms with Gasteiger partial charge in [-0.1, -0.05) is 44.2 Å². The van der Waals surface area contributed by atoms with Crippen LogP contribution in [0.3, 0.4) is 0 Å². The van der Waals surface area contributed by atoms with E-state index in [0.29, 0.717) is 6.42 Å². The molecule has 0 aliphatic rings. The van der Waals surface area contributed by atoms with E-state index in [1.54, 1.807) is 11.3 Å². The first kappa shape index (κ1) is 13.0. The molecule has 0 aliphatic carbocycles. The molecule has 0 saturated carbocycles. The molecule has 18 heavy (non-hydrogen) atoms. The molecule has 94 valence electrons. The number of hydrogen-bond donors (Lipinski definition) is 0. The summed E-state index contributed by atoms with van der Waals surface area (Å²) < 4.78 is 0. The second-order valence-corrected chi connectivity index (χ2v) is 5.89. The van der Waals surface area contributed by atoms with Crippen molar-refractivity contribution in [3.8, 4) is 10.6 Å². The normalized spacial score (nSPS) is 10.9. The fourth-order valence-electron chi connectivity index (χ4n) is 1.67. The van der Waals surface area contributed by atoms with E-state index in [4.69, 9.17) is 0 Å². The van der Waals surface area contributed by atoms with Gasteiger partial charge in [-0.2, -0.15) is 0 Å². The molecule has 0 unspecified atom stereocenters. The smallest absolute Gasteiger partial charge is 0.141 e. The predicted molar refractivity (Wildman–Crippen MR) is 75.8 cm³/mol. The summed E-state index contributed by atoms with van der Waals surface area (Å²) in [6.45, 7) is 5.90. The van der Waals surface area contributed by atoms with Crippen LogP contribution >= 0.6 is 11.3 Å². The van der Waals surface area contributed by atoms with Crippen molar-refractivity contribution >= 4 is 17.1 Å². The van der Waals surface area contributed by atoms with Crippen LogP contribution in [0.15, 0.2) is 30.3 Å². The van der Waals surface area contributed by atoms with Gasteiger partial charge in [0.1, 0.15) is 10.8 Å². The Labute approximate surface area is 112 Å². The van der Waals surface area contributed by atoms with Crippen LogP contribution in [0.1, 0.15) is 24.4 Å². The summed E-state index contributed by atoms with van der Waals surface area (Å²) in [5.41, 5.74) is 2.05. The van der Waals surface area contributed by atoms with Gasteiger partial charge in [0.05, 0.1) is 12.1 Å². The van der Waals surface area contributed by atoms with Crippen LogP contribution in [0.25, 0.3) is 10.6 Å². The van der Waals surface area contributed by atoms with Gasteiger partial charge in [-0.15, -0.1) is 11.3 Å². The van der Waals surface area contributed by atoms with E-state index in [9.17, 15) is 4.79 Å². The molecular weight excluding hydrogens is 242 g/mol. The Morgan fingerprint density at radius 1 is 1.28 bits per heavy atom. The monoisotopic (exact) mass is 259 g/mol. The Morgan fingerprint density at radius 3 is 2.56 bits per heavy atom. The van der Waals surface area contributed by atoms with Crippen LogP contribution in [-0.4, -0.2) is 10.8 Å². The lowest BCUT2D eigenvalue weighted by atomic mass is 10.0. The molecule has 0 atom stereocenters. The third kappa shape index (κ3) is 2.85. The highest BCUT2D eigenvalue weighted by atomic mass is 32.1. The molecule has 0 saturated heterocycles. The number of aryl methyl sites for hydroxylation is 1. The van der Waals surface area contributed by atoms with Gasteiger partial charge in [0.15, 0.2) is 0 Å². The molecule has 1 aromatic carbocycles. The fraction of sp³-hybridized carbons (Fsp3) is 0.333. The largest absolute Gasteiger partial charge is 0.299 e. The van der Waals surface area contributed by atoms with Gasteiger partial charge in [0.2, 0.25) is 0 Å². The van der Waals surface area contributed by atoms with E-state index in [1.807, 2.05) is 51.1 Å². The molecule has 2 rings (SSSR count). The number of aromatic nitrogens is 1. The number of ketones is 1. The average Bonchev–Trinajstić information content (AvgIpc) is 2.72. The minimum atomic E-state index is 0.0753. The molecule has 0 fully saturated rings. The van der Waals surface area contributed by atoms with E-state index < -0.39 is 0 Å². The first-order valence-electron chi connectivity index (χ1n) is 6.12. The summed E-state index contributed by atoms with van der Waals surface area (Å²) in [4.78, 5) is 17.5. The van der Waals surface area contributed by atoms with Crippen molar-refractivity contribution in [3.63, 3.8) is 0 Å². The minimum Gasteiger partial charge on any atom is -0.299 e. The summed E-state index contributed by atoms with van der Waals surface area (Å²) in [6.07, 6.45) is 0.451. The highest BCUT2D eigenvalue weighted by molar-refractivity contribution is 7.15. The van der Waals surface area contributed by atoms with Gasteiger partial charge in [-0.25, -0.2) is 4.98 Å². The Hall–Kier alpha value is -1.48. The van der Waals surface area contributed by atoms with Crippen LogP contribution in [0, 0.1) is 12.8 Å². The second-order valence-electron chi connectivity index (χ2n) is 4.69. The van der Waals surface area contributed by atoms with Crippen molar-refractivity contribution in [2.45, 2.75) is 27.2 Å². The summed E-state index contributed by atoms with van der Waals surface area (Å²) in [5, 5.41) is 1.000. The number of thiazole rings is 1. The molecule has 2 nitrogen and oxygen atoms in total. The molecule has 0 aliphatic heterocycles. The van der Waals surface area contributed by atoms with Gasteiger partial charge in [-0.05, 0) is 6.92 Å². The Kier molecular flexibility index (Phi) is 3.92. The Bertz CT molecular complexity index is 543. The van der Waals surface area contributed by atoms with Crippen LogP contribution in [0.4, 0.5) is 0 Å². The molecule has 2 aromatic rings. The van der Waals surface area contributed by atoms with Crippen LogP contribution in [0.5, 0.6) is 0 Å². The molecule has 0 N–H and O–H groups in total. The number of benzene rings is 1. The molecule has 1 heterocycles. The van der Waals surface area contributed by atoms with Crippen molar-refractivity contribution < 1.29 is 4.79 Å². The number of hydrogen-bond acceptors (Lipinski definition) is 3. The topological polar surface area (TPSA) is 30.0 Å². The lowest BCUT2D eigenvalue weighted by molar-refractivity contribution is -0.121. The van der Waals surface area contributed by atoms with E-state index in [-0.39, 0.29) is 11.7 Å². The van der Waals surface area contributed by atoms with E-state index in [1.165, 1.54) is 0 Å². The molecule has 0 bridgehead atoms. The van der Waals surface area contributed by atoms with Gasteiger partial charge in [0, 0.05) is 16.4 Å². The number of Topliss-reactive ketones (excluding diaryl/α,β-unsaturated/α-hetero) is 1. The SMILES string of the molecule is Cc1sc(-c2ccccc2)nc1CC(=O)C(C)C. The standard InChI is InChI=1S/C15H17NOS/c1-10(2)14(17)9-13-11(3)18-15(16-13)12-7-5-4-6-8-12/h4-8,10H,9H2,1-3H3. The van der Waals surface area contributed by atoms with Gasteiger partial charge < -0.3 is 0 Å². The average molecular weight is 259 g/mol. The highest BCUT2D eigenvalue weighted by Crippen LogP contribution is 2.27. The fourth-order valence-corrected chi connectivity index (χ4v) is 2.60. The quantitative estimate of drug-likeness (QED) is 0.834. The van der Waals surface area contributed by atoms with Gasteiger partial charge in [0.25, 0.3) is 0 Å². The van der Waals surface area contributed by atoms with Gasteiger partial charge in [-0.3, -0.25) is 4.79 Å². The minimum absolute atomic E-state index is 0.0753. The first-order chi connectivity index (χ1) is 8.58. The zero-order chi connectivity index (χ0) is 13.1. The molecule has 3 heteroatoms. The van der Waals surface area contributed by atoms with Crippen molar-refractivity contribution in [2.24, 2.45) is 5.92 Å². The van der Waals surface area contributed by atoms with Crippen molar-refractivity contribution in [2.75, 3.05) is 0 Å². The van der Waals surface area contributed by atoms with Crippen molar-refractivity contribution in [1.82, 2.24) is 4.98 Å². The maximum Gasteiger partial charge on any atom is 0.141 e. The number of carbonyl (C=O) groups excluding carboxylic acids is 1. The predicted octanol–water partition coefficient (Wildman–Crippen LogP) is 3.89. The highest BCUT2D eigenvalue weighted by Gasteiger charge is 2.14. The van der Waals surface area contributed by atoms with Gasteiger partial charge >= 0.3 is 0 Å². The van der Waals surface area contributed by atoms with Crippen LogP contribution in [0.2, 0.25) is 0 Å². The molecule has 1 aromatic heterocycles. The van der Waals surface area contributed by atoms with E-state index in [0.717, 1.165) is 21.1 Å². The third-order valence-corrected chi connectivity index (χ3v) is 3.96. The number of rotatable bonds is 4. The Balaban J connectivity index is 2.25. The maximum atomic E-state index is 11.8. The van der Waals surface area contributed by atoms with E-state index >= 15 is 0 Å². The molecule has 0 spiro atoms. The molecular formula is C15H17NOS. The first-order valence-corrected chi connectivity index (χ1v) is 6.94. The van der Waals surface area contributed by atoms with Crippen molar-refractivity contribution in [3.05, 3.63) is 40.9 Å². The van der Waals surface area contributed by atoms with Crippen molar-refractivity contribution in [1.29, 1.82) is 0 Å². The third-order valence-electron chi connectivity index (χ3n) is 2.90. The summed E-state index contributed by atoms with van der Waals surface area (Å²) in [5.74, 6) is 0.328. The lowest BCUT2D eigenvalue weighted by Gasteiger charge is -2.01. The number of nitrogens with zero attached hydrogens (tertiary/aromatic N) is 1. The second kappa shape index (κ2) is 5.44. The maximum absolute atomic E-state index is 11.8. The summed E-state index contributed by atoms with van der Waals surface area (Å²) >= 11 is 1.66. The van der Waals surface area contributed by atoms with Crippen LogP contribution < -0.4 is 0 Å². The zero-order valence-corrected chi connectivity index (χ0v) is 11.8. The zero-order valence-electron chi connectivity index (χ0n) is 10.9.